The van der Waals surface area contributed by atoms with Crippen LogP contribution in [0, 0.1) is 0 Å². The van der Waals surface area contributed by atoms with E-state index in [1.807, 2.05) is 12.4 Å². The van der Waals surface area contributed by atoms with E-state index in [4.69, 9.17) is 0 Å². The molecule has 88 valence electrons. The summed E-state index contributed by atoms with van der Waals surface area (Å²) in [7, 11) is 1.87. The van der Waals surface area contributed by atoms with Crippen molar-refractivity contribution in [1.29, 1.82) is 0 Å². The van der Waals surface area contributed by atoms with Crippen LogP contribution in [0.15, 0.2) is 15.9 Å². The average molecular weight is 303 g/mol. The Balaban J connectivity index is 1.91. The molecule has 1 amide bonds. The van der Waals surface area contributed by atoms with Crippen LogP contribution in [0.3, 0.4) is 0 Å². The maximum Gasteiger partial charge on any atom is 0.239 e. The number of carbonyl (C=O) groups excluding carboxylic acids is 1. The Morgan fingerprint density at radius 3 is 3.12 bits per heavy atom. The molecule has 5 heteroatoms. The smallest absolute Gasteiger partial charge is 0.239 e. The molecule has 1 aromatic heterocycles. The number of nitrogens with one attached hydrogen (secondary N) is 1. The van der Waals surface area contributed by atoms with E-state index in [0.29, 0.717) is 6.54 Å². The maximum atomic E-state index is 12.0. The Morgan fingerprint density at radius 1 is 1.75 bits per heavy atom. The lowest BCUT2D eigenvalue weighted by molar-refractivity contribution is -0.132. The molecule has 0 bridgehead atoms. The highest BCUT2D eigenvalue weighted by Crippen LogP contribution is 2.21. The Morgan fingerprint density at radius 2 is 2.56 bits per heavy atom. The first-order valence-electron chi connectivity index (χ1n) is 5.38. The molecule has 1 aromatic rings. The summed E-state index contributed by atoms with van der Waals surface area (Å²) in [5.41, 5.74) is 0. The van der Waals surface area contributed by atoms with Crippen LogP contribution in [0.1, 0.15) is 17.7 Å². The molecular weight excluding hydrogens is 288 g/mol. The van der Waals surface area contributed by atoms with Crippen molar-refractivity contribution in [3.8, 4) is 0 Å². The predicted molar refractivity (Wildman–Crippen MR) is 69.5 cm³/mol. The van der Waals surface area contributed by atoms with Crippen molar-refractivity contribution in [2.24, 2.45) is 0 Å². The minimum atomic E-state index is 0.0356. The van der Waals surface area contributed by atoms with Crippen LogP contribution in [0.25, 0.3) is 0 Å². The highest BCUT2D eigenvalue weighted by molar-refractivity contribution is 9.10. The molecule has 0 aromatic carbocycles. The van der Waals surface area contributed by atoms with Crippen molar-refractivity contribution in [2.75, 3.05) is 13.6 Å². The third kappa shape index (κ3) is 2.84. The number of nitrogens with zero attached hydrogens (tertiary/aromatic N) is 1. The second-order valence-corrected chi connectivity index (χ2v) is 5.99. The molecule has 1 fully saturated rings. The van der Waals surface area contributed by atoms with Crippen LogP contribution in [0.2, 0.25) is 0 Å². The first-order valence-corrected chi connectivity index (χ1v) is 7.05. The first kappa shape index (κ1) is 12.1. The van der Waals surface area contributed by atoms with E-state index in [1.165, 1.54) is 4.88 Å². The fraction of sp³-hybridized carbons (Fsp3) is 0.545. The van der Waals surface area contributed by atoms with Gasteiger partial charge in [-0.25, -0.2) is 0 Å². The van der Waals surface area contributed by atoms with Crippen LogP contribution >= 0.6 is 27.3 Å². The van der Waals surface area contributed by atoms with E-state index >= 15 is 0 Å². The lowest BCUT2D eigenvalue weighted by Crippen LogP contribution is -2.41. The normalized spacial score (nSPS) is 20.0. The van der Waals surface area contributed by atoms with E-state index in [1.54, 1.807) is 16.2 Å². The molecule has 1 N–H and O–H groups in total. The molecule has 3 nitrogen and oxygen atoms in total. The van der Waals surface area contributed by atoms with Crippen LogP contribution in [-0.4, -0.2) is 30.4 Å². The van der Waals surface area contributed by atoms with Crippen molar-refractivity contribution in [3.63, 3.8) is 0 Å². The van der Waals surface area contributed by atoms with Gasteiger partial charge in [0, 0.05) is 21.8 Å². The first-order chi connectivity index (χ1) is 7.66. The Hall–Kier alpha value is -0.390. The standard InChI is InChI=1S/C11H15BrN2OS/c1-14(6-9-5-8(12)7-16-9)11(15)10-3-2-4-13-10/h5,7,10,13H,2-4,6H2,1H3/t10-/m0/s1. The number of carbonyl (C=O) groups is 1. The molecule has 1 aliphatic rings. The van der Waals surface area contributed by atoms with Gasteiger partial charge in [-0.15, -0.1) is 11.3 Å². The van der Waals surface area contributed by atoms with Gasteiger partial charge in [-0.05, 0) is 41.4 Å². The van der Waals surface area contributed by atoms with Gasteiger partial charge in [-0.1, -0.05) is 0 Å². The van der Waals surface area contributed by atoms with E-state index in [0.717, 1.165) is 23.9 Å². The molecule has 0 saturated carbocycles. The van der Waals surface area contributed by atoms with Crippen molar-refractivity contribution in [2.45, 2.75) is 25.4 Å². The zero-order chi connectivity index (χ0) is 11.5. The monoisotopic (exact) mass is 302 g/mol. The summed E-state index contributed by atoms with van der Waals surface area (Å²) in [6.07, 6.45) is 2.08. The van der Waals surface area contributed by atoms with Crippen molar-refractivity contribution in [1.82, 2.24) is 10.2 Å². The molecule has 1 saturated heterocycles. The second-order valence-electron chi connectivity index (χ2n) is 4.07. The summed E-state index contributed by atoms with van der Waals surface area (Å²) in [6, 6.07) is 2.10. The largest absolute Gasteiger partial charge is 0.339 e. The Kier molecular flexibility index (Phi) is 4.00. The molecule has 2 rings (SSSR count). The second kappa shape index (κ2) is 5.29. The number of hydrogen-bond donors (Lipinski definition) is 1. The van der Waals surface area contributed by atoms with Gasteiger partial charge in [0.2, 0.25) is 5.91 Å². The topological polar surface area (TPSA) is 32.3 Å². The molecule has 1 atom stereocenters. The van der Waals surface area contributed by atoms with Gasteiger partial charge in [0.15, 0.2) is 0 Å². The van der Waals surface area contributed by atoms with Crippen molar-refractivity contribution >= 4 is 33.2 Å². The summed E-state index contributed by atoms with van der Waals surface area (Å²) < 4.78 is 1.09. The van der Waals surface area contributed by atoms with Gasteiger partial charge in [0.1, 0.15) is 0 Å². The summed E-state index contributed by atoms with van der Waals surface area (Å²) in [6.45, 7) is 1.67. The maximum absolute atomic E-state index is 12.0. The zero-order valence-electron chi connectivity index (χ0n) is 9.20. The number of amides is 1. The van der Waals surface area contributed by atoms with Gasteiger partial charge >= 0.3 is 0 Å². The fourth-order valence-electron chi connectivity index (χ4n) is 1.91. The Bertz CT molecular complexity index is 374. The fourth-order valence-corrected chi connectivity index (χ4v) is 3.41. The van der Waals surface area contributed by atoms with Crippen LogP contribution in [0.5, 0.6) is 0 Å². The third-order valence-electron chi connectivity index (χ3n) is 2.75. The summed E-state index contributed by atoms with van der Waals surface area (Å²) in [5, 5.41) is 5.27. The Labute approximate surface area is 108 Å². The van der Waals surface area contributed by atoms with E-state index < -0.39 is 0 Å². The van der Waals surface area contributed by atoms with Gasteiger partial charge in [0.05, 0.1) is 12.6 Å². The molecule has 0 aliphatic carbocycles. The highest BCUT2D eigenvalue weighted by Gasteiger charge is 2.24. The molecule has 0 radical (unpaired) electrons. The van der Waals surface area contributed by atoms with Crippen molar-refractivity contribution in [3.05, 3.63) is 20.8 Å². The van der Waals surface area contributed by atoms with E-state index in [-0.39, 0.29) is 11.9 Å². The van der Waals surface area contributed by atoms with Gasteiger partial charge < -0.3 is 10.2 Å². The number of thiophene rings is 1. The number of halogens is 1. The minimum Gasteiger partial charge on any atom is -0.339 e. The number of hydrogen-bond acceptors (Lipinski definition) is 3. The highest BCUT2D eigenvalue weighted by atomic mass is 79.9. The van der Waals surface area contributed by atoms with Gasteiger partial charge in [-0.2, -0.15) is 0 Å². The summed E-state index contributed by atoms with van der Waals surface area (Å²) in [4.78, 5) is 15.0. The molecule has 2 heterocycles. The molecule has 16 heavy (non-hydrogen) atoms. The van der Waals surface area contributed by atoms with E-state index in [2.05, 4.69) is 27.3 Å². The van der Waals surface area contributed by atoms with Crippen molar-refractivity contribution < 1.29 is 4.79 Å². The molecular formula is C11H15BrN2OS. The molecule has 0 spiro atoms. The van der Waals surface area contributed by atoms with Gasteiger partial charge in [0.25, 0.3) is 0 Å². The van der Waals surface area contributed by atoms with Crippen LogP contribution < -0.4 is 5.32 Å². The lowest BCUT2D eigenvalue weighted by atomic mass is 10.2. The van der Waals surface area contributed by atoms with E-state index in [9.17, 15) is 4.79 Å². The number of rotatable bonds is 3. The molecule has 1 aliphatic heterocycles. The van der Waals surface area contributed by atoms with Gasteiger partial charge in [-0.3, -0.25) is 4.79 Å². The zero-order valence-corrected chi connectivity index (χ0v) is 11.6. The van der Waals surface area contributed by atoms with Crippen LogP contribution in [-0.2, 0) is 11.3 Å². The SMILES string of the molecule is CN(Cc1cc(Br)cs1)C(=O)[C@@H]1CCCN1. The number of likely N-dealkylation sites (N-methyl/N-ethyl adjacent to an activating group) is 1. The lowest BCUT2D eigenvalue weighted by Gasteiger charge is -2.20. The van der Waals surface area contributed by atoms with Crippen LogP contribution in [0.4, 0.5) is 0 Å². The minimum absolute atomic E-state index is 0.0356. The quantitative estimate of drug-likeness (QED) is 0.928. The third-order valence-corrected chi connectivity index (χ3v) is 4.43. The average Bonchev–Trinajstić information content (AvgIpc) is 2.88. The summed E-state index contributed by atoms with van der Waals surface area (Å²) >= 11 is 5.10. The summed E-state index contributed by atoms with van der Waals surface area (Å²) in [5.74, 6) is 0.210. The molecule has 0 unspecified atom stereocenters. The predicted octanol–water partition coefficient (Wildman–Crippen LogP) is 2.22.